The Kier molecular flexibility index (Phi) is 4.03. The van der Waals surface area contributed by atoms with Crippen LogP contribution in [0.3, 0.4) is 0 Å². The van der Waals surface area contributed by atoms with Crippen LogP contribution in [0.1, 0.15) is 28.4 Å². The summed E-state index contributed by atoms with van der Waals surface area (Å²) in [6, 6.07) is 11.3. The van der Waals surface area contributed by atoms with E-state index < -0.39 is 0 Å². The Bertz CT molecular complexity index is 606. The van der Waals surface area contributed by atoms with E-state index in [1.165, 1.54) is 0 Å². The highest BCUT2D eigenvalue weighted by molar-refractivity contribution is 6.00. The lowest BCUT2D eigenvalue weighted by molar-refractivity contribution is 0.0954. The average molecular weight is 253 g/mol. The van der Waals surface area contributed by atoms with Gasteiger partial charge in [0, 0.05) is 18.0 Å². The van der Waals surface area contributed by atoms with E-state index in [1.54, 1.807) is 24.5 Å². The number of hydrogen-bond donors (Lipinski definition) is 1. The fraction of sp³-hybridized carbons (Fsp3) is 0.133. The number of aromatic nitrogens is 1. The lowest BCUT2D eigenvalue weighted by atomic mass is 10.1. The predicted octanol–water partition coefficient (Wildman–Crippen LogP) is 2.54. The fourth-order valence-corrected chi connectivity index (χ4v) is 1.64. The molecule has 0 aliphatic rings. The first kappa shape index (κ1) is 13.0. The van der Waals surface area contributed by atoms with Crippen molar-refractivity contribution in [3.63, 3.8) is 0 Å². The Labute approximate surface area is 112 Å². The maximum Gasteiger partial charge on any atom is 0.271 e. The minimum absolute atomic E-state index is 0.241. The van der Waals surface area contributed by atoms with Crippen LogP contribution in [0, 0.1) is 6.92 Å². The predicted molar refractivity (Wildman–Crippen MR) is 75.1 cm³/mol. The van der Waals surface area contributed by atoms with Gasteiger partial charge in [0.05, 0.1) is 5.71 Å². The number of hydrazone groups is 1. The first-order valence-electron chi connectivity index (χ1n) is 5.98. The quantitative estimate of drug-likeness (QED) is 0.675. The van der Waals surface area contributed by atoms with Crippen LogP contribution >= 0.6 is 0 Å². The van der Waals surface area contributed by atoms with Crippen LogP contribution in [0.4, 0.5) is 0 Å². The Balaban J connectivity index is 2.09. The van der Waals surface area contributed by atoms with Crippen LogP contribution in [-0.2, 0) is 0 Å². The molecule has 0 saturated carbocycles. The molecule has 4 heteroatoms. The van der Waals surface area contributed by atoms with Gasteiger partial charge >= 0.3 is 0 Å². The highest BCUT2D eigenvalue weighted by Gasteiger charge is 2.03. The van der Waals surface area contributed by atoms with Crippen molar-refractivity contribution in [1.29, 1.82) is 0 Å². The third-order valence-corrected chi connectivity index (χ3v) is 2.70. The number of amides is 1. The molecule has 0 atom stereocenters. The van der Waals surface area contributed by atoms with Crippen molar-refractivity contribution in [2.75, 3.05) is 0 Å². The molecule has 1 aromatic carbocycles. The monoisotopic (exact) mass is 253 g/mol. The van der Waals surface area contributed by atoms with Crippen molar-refractivity contribution in [2.24, 2.45) is 5.10 Å². The first-order chi connectivity index (χ1) is 9.16. The summed E-state index contributed by atoms with van der Waals surface area (Å²) in [4.78, 5) is 15.7. The molecule has 0 bridgehead atoms. The van der Waals surface area contributed by atoms with Crippen LogP contribution in [0.15, 0.2) is 53.9 Å². The van der Waals surface area contributed by atoms with Crippen molar-refractivity contribution in [3.8, 4) is 0 Å². The molecule has 2 rings (SSSR count). The Morgan fingerprint density at radius 3 is 2.58 bits per heavy atom. The highest BCUT2D eigenvalue weighted by atomic mass is 16.2. The summed E-state index contributed by atoms with van der Waals surface area (Å²) >= 11 is 0. The zero-order chi connectivity index (χ0) is 13.7. The zero-order valence-electron chi connectivity index (χ0n) is 10.9. The standard InChI is InChI=1S/C15H15N3O/c1-11-4-3-5-14(10-11)12(2)17-18-15(19)13-6-8-16-9-7-13/h3-10H,1-2H3,(H,18,19). The normalized spacial score (nSPS) is 11.2. The lowest BCUT2D eigenvalue weighted by Crippen LogP contribution is -2.19. The third-order valence-electron chi connectivity index (χ3n) is 2.70. The minimum Gasteiger partial charge on any atom is -0.267 e. The maximum absolute atomic E-state index is 11.8. The van der Waals surface area contributed by atoms with Gasteiger partial charge in [-0.1, -0.05) is 29.8 Å². The Hall–Kier alpha value is -2.49. The summed E-state index contributed by atoms with van der Waals surface area (Å²) < 4.78 is 0. The largest absolute Gasteiger partial charge is 0.271 e. The van der Waals surface area contributed by atoms with E-state index in [0.717, 1.165) is 16.8 Å². The summed E-state index contributed by atoms with van der Waals surface area (Å²) in [6.45, 7) is 3.88. The zero-order valence-corrected chi connectivity index (χ0v) is 10.9. The summed E-state index contributed by atoms with van der Waals surface area (Å²) in [5.41, 5.74) is 6.00. The average Bonchev–Trinajstić information content (AvgIpc) is 2.45. The van der Waals surface area contributed by atoms with E-state index in [2.05, 4.69) is 15.5 Å². The van der Waals surface area contributed by atoms with Crippen molar-refractivity contribution in [3.05, 3.63) is 65.5 Å². The SMILES string of the molecule is CC(=NNC(=O)c1ccncc1)c1cccc(C)c1. The molecule has 1 heterocycles. The van der Waals surface area contributed by atoms with E-state index in [9.17, 15) is 4.79 Å². The molecular weight excluding hydrogens is 238 g/mol. The van der Waals surface area contributed by atoms with E-state index >= 15 is 0 Å². The van der Waals surface area contributed by atoms with Gasteiger partial charge < -0.3 is 0 Å². The molecule has 0 saturated heterocycles. The first-order valence-corrected chi connectivity index (χ1v) is 5.98. The van der Waals surface area contributed by atoms with Gasteiger partial charge in [0.2, 0.25) is 0 Å². The minimum atomic E-state index is -0.241. The molecule has 0 aliphatic carbocycles. The molecule has 4 nitrogen and oxygen atoms in total. The summed E-state index contributed by atoms with van der Waals surface area (Å²) in [5.74, 6) is -0.241. The number of rotatable bonds is 3. The van der Waals surface area contributed by atoms with Gasteiger partial charge in [-0.25, -0.2) is 5.43 Å². The van der Waals surface area contributed by atoms with Gasteiger partial charge in [0.15, 0.2) is 0 Å². The van der Waals surface area contributed by atoms with Crippen LogP contribution in [0.25, 0.3) is 0 Å². The van der Waals surface area contributed by atoms with E-state index in [0.29, 0.717) is 5.56 Å². The van der Waals surface area contributed by atoms with E-state index in [4.69, 9.17) is 0 Å². The molecule has 96 valence electrons. The summed E-state index contributed by atoms with van der Waals surface area (Å²) in [5, 5.41) is 4.11. The molecule has 1 amide bonds. The van der Waals surface area contributed by atoms with Gasteiger partial charge in [0.1, 0.15) is 0 Å². The Morgan fingerprint density at radius 2 is 1.89 bits per heavy atom. The van der Waals surface area contributed by atoms with Gasteiger partial charge in [-0.15, -0.1) is 0 Å². The maximum atomic E-state index is 11.8. The molecule has 2 aromatic rings. The number of carbonyl (C=O) groups is 1. The molecule has 0 radical (unpaired) electrons. The lowest BCUT2D eigenvalue weighted by Gasteiger charge is -2.03. The van der Waals surface area contributed by atoms with Gasteiger partial charge in [-0.3, -0.25) is 9.78 Å². The highest BCUT2D eigenvalue weighted by Crippen LogP contribution is 2.05. The van der Waals surface area contributed by atoms with Crippen molar-refractivity contribution < 1.29 is 4.79 Å². The number of nitrogens with one attached hydrogen (secondary N) is 1. The van der Waals surface area contributed by atoms with Gasteiger partial charge in [-0.05, 0) is 31.5 Å². The second-order valence-corrected chi connectivity index (χ2v) is 4.24. The molecule has 0 aliphatic heterocycles. The number of aryl methyl sites for hydroxylation is 1. The van der Waals surface area contributed by atoms with Crippen LogP contribution in [0.2, 0.25) is 0 Å². The van der Waals surface area contributed by atoms with Crippen molar-refractivity contribution in [1.82, 2.24) is 10.4 Å². The number of hydrogen-bond acceptors (Lipinski definition) is 3. The van der Waals surface area contributed by atoms with Crippen LogP contribution < -0.4 is 5.43 Å². The number of pyridine rings is 1. The van der Waals surface area contributed by atoms with E-state index in [1.807, 2.05) is 38.1 Å². The van der Waals surface area contributed by atoms with Crippen LogP contribution in [0.5, 0.6) is 0 Å². The molecule has 0 fully saturated rings. The molecule has 19 heavy (non-hydrogen) atoms. The summed E-state index contributed by atoms with van der Waals surface area (Å²) in [7, 11) is 0. The van der Waals surface area contributed by atoms with Gasteiger partial charge in [0.25, 0.3) is 5.91 Å². The third kappa shape index (κ3) is 3.48. The van der Waals surface area contributed by atoms with Crippen molar-refractivity contribution in [2.45, 2.75) is 13.8 Å². The molecule has 0 spiro atoms. The van der Waals surface area contributed by atoms with Crippen LogP contribution in [-0.4, -0.2) is 16.6 Å². The molecular formula is C15H15N3O. The summed E-state index contributed by atoms with van der Waals surface area (Å²) in [6.07, 6.45) is 3.15. The van der Waals surface area contributed by atoms with E-state index in [-0.39, 0.29) is 5.91 Å². The van der Waals surface area contributed by atoms with Crippen molar-refractivity contribution >= 4 is 11.6 Å². The number of nitrogens with zero attached hydrogens (tertiary/aromatic N) is 2. The van der Waals surface area contributed by atoms with Gasteiger partial charge in [-0.2, -0.15) is 5.10 Å². The second kappa shape index (κ2) is 5.91. The number of carbonyl (C=O) groups excluding carboxylic acids is 1. The molecule has 1 aromatic heterocycles. The Morgan fingerprint density at radius 1 is 1.16 bits per heavy atom. The molecule has 1 N–H and O–H groups in total. The smallest absolute Gasteiger partial charge is 0.267 e. The number of benzene rings is 1. The second-order valence-electron chi connectivity index (χ2n) is 4.24. The fourth-order valence-electron chi connectivity index (χ4n) is 1.64. The molecule has 0 unspecified atom stereocenters. The topological polar surface area (TPSA) is 54.4 Å².